The molecule has 0 saturated heterocycles. The van der Waals surface area contributed by atoms with Crippen molar-refractivity contribution in [1.82, 2.24) is 0 Å². The number of ether oxygens (including phenoxy) is 3. The van der Waals surface area contributed by atoms with Crippen molar-refractivity contribution >= 4 is 17.9 Å². The molecule has 6 nitrogen and oxygen atoms in total. The summed E-state index contributed by atoms with van der Waals surface area (Å²) in [6.07, 6.45) is 76.8. The molecule has 0 spiro atoms. The third kappa shape index (κ3) is 54.9. The van der Waals surface area contributed by atoms with E-state index in [-0.39, 0.29) is 31.6 Å². The predicted octanol–water partition coefficient (Wildman–Crippen LogP) is 19.1. The number of unbranched alkanes of at least 4 members (excludes halogenated alkanes) is 22. The molecule has 0 bridgehead atoms. The Bertz CT molecular complexity index is 1420. The van der Waals surface area contributed by atoms with Crippen LogP contribution in [0.3, 0.4) is 0 Å². The topological polar surface area (TPSA) is 78.9 Å². The van der Waals surface area contributed by atoms with Gasteiger partial charge in [0.05, 0.1) is 6.42 Å². The highest BCUT2D eigenvalue weighted by Crippen LogP contribution is 2.14. The molecular formula is C63H104O6. The minimum atomic E-state index is -0.841. The highest BCUT2D eigenvalue weighted by Gasteiger charge is 2.19. The van der Waals surface area contributed by atoms with E-state index in [0.29, 0.717) is 19.3 Å². The minimum absolute atomic E-state index is 0.0906. The second-order valence-electron chi connectivity index (χ2n) is 18.5. The molecule has 0 aliphatic carbocycles. The van der Waals surface area contributed by atoms with Crippen molar-refractivity contribution in [1.29, 1.82) is 0 Å². The second kappa shape index (κ2) is 56.7. The van der Waals surface area contributed by atoms with Gasteiger partial charge in [0.2, 0.25) is 0 Å². The fraction of sp³-hybridized carbons (Fsp3) is 0.667. The van der Waals surface area contributed by atoms with Crippen LogP contribution in [0.25, 0.3) is 0 Å². The molecule has 0 aromatic carbocycles. The third-order valence-corrected chi connectivity index (χ3v) is 11.7. The minimum Gasteiger partial charge on any atom is -0.462 e. The molecule has 0 rings (SSSR count). The van der Waals surface area contributed by atoms with E-state index in [1.54, 1.807) is 6.08 Å². The van der Waals surface area contributed by atoms with Crippen LogP contribution in [0.15, 0.2) is 109 Å². The maximum atomic E-state index is 12.8. The van der Waals surface area contributed by atoms with Gasteiger partial charge in [-0.05, 0) is 103 Å². The van der Waals surface area contributed by atoms with Gasteiger partial charge in [0.1, 0.15) is 13.2 Å². The molecule has 0 heterocycles. The highest BCUT2D eigenvalue weighted by molar-refractivity contribution is 5.72. The van der Waals surface area contributed by atoms with E-state index < -0.39 is 12.1 Å². The average molecular weight is 958 g/mol. The average Bonchev–Trinajstić information content (AvgIpc) is 3.35. The van der Waals surface area contributed by atoms with Gasteiger partial charge in [-0.1, -0.05) is 239 Å². The smallest absolute Gasteiger partial charge is 0.310 e. The van der Waals surface area contributed by atoms with Crippen LogP contribution in [0.5, 0.6) is 0 Å². The molecule has 0 aromatic heterocycles. The van der Waals surface area contributed by atoms with Crippen LogP contribution in [0, 0.1) is 0 Å². The lowest BCUT2D eigenvalue weighted by atomic mass is 10.0. The van der Waals surface area contributed by atoms with Crippen LogP contribution in [0.1, 0.15) is 252 Å². The number of rotatable bonds is 50. The fourth-order valence-electron chi connectivity index (χ4n) is 7.53. The fourth-order valence-corrected chi connectivity index (χ4v) is 7.53. The van der Waals surface area contributed by atoms with Crippen molar-refractivity contribution < 1.29 is 28.6 Å². The van der Waals surface area contributed by atoms with Crippen LogP contribution >= 0.6 is 0 Å². The standard InChI is InChI=1S/C63H104O6/c1-4-7-10-13-16-19-22-25-27-28-29-30-31-32-33-34-36-38-41-44-47-50-53-56-62(65)68-59-60(58-67-61(64)55-52-49-46-43-40-37-24-21-18-15-12-9-6-3)69-63(66)57-54-51-48-45-42-39-35-26-23-20-17-14-11-8-5-2/h8,11-12,15,17,20-22,24-26,28-29,35,42,45,51,54,60H,4-7,9-10,13-14,16,18-19,23,27,30-34,36-41,43-44,46-50,52-53,55-59H2,1-3H3/b11-8-,15-12-,20-17-,24-21-,25-22-,29-28-,35-26-,45-42-,54-51-. The summed E-state index contributed by atoms with van der Waals surface area (Å²) in [5.74, 6) is -1.07. The van der Waals surface area contributed by atoms with E-state index in [4.69, 9.17) is 14.2 Å². The van der Waals surface area contributed by atoms with Gasteiger partial charge in [0.15, 0.2) is 6.10 Å². The van der Waals surface area contributed by atoms with Gasteiger partial charge in [-0.25, -0.2) is 0 Å². The van der Waals surface area contributed by atoms with Crippen molar-refractivity contribution in [3.8, 4) is 0 Å². The number of allylic oxidation sites excluding steroid dienone is 17. The first-order valence-electron chi connectivity index (χ1n) is 28.4. The van der Waals surface area contributed by atoms with E-state index in [1.807, 2.05) is 6.08 Å². The molecule has 0 aliphatic rings. The Hall–Kier alpha value is -3.93. The molecule has 0 aliphatic heterocycles. The molecule has 69 heavy (non-hydrogen) atoms. The SMILES string of the molecule is CC/C=C\C/C=C\C/C=C\C/C=C\C/C=C\CC(=O)OC(COC(=O)CCCCCCC/C=C\C/C=C\CCC)COC(=O)CCCCCCCCCCCCC/C=C\C/C=C\CCCCCCC. The Morgan fingerprint density at radius 2 is 0.638 bits per heavy atom. The van der Waals surface area contributed by atoms with Crippen molar-refractivity contribution in [2.24, 2.45) is 0 Å². The van der Waals surface area contributed by atoms with Gasteiger partial charge in [0, 0.05) is 12.8 Å². The predicted molar refractivity (Wildman–Crippen MR) is 297 cm³/mol. The van der Waals surface area contributed by atoms with E-state index in [1.165, 1.54) is 103 Å². The zero-order valence-corrected chi connectivity index (χ0v) is 44.8. The number of esters is 3. The number of carbonyl (C=O) groups is 3. The van der Waals surface area contributed by atoms with Gasteiger partial charge in [-0.2, -0.15) is 0 Å². The summed E-state index contributed by atoms with van der Waals surface area (Å²) in [5.41, 5.74) is 0. The van der Waals surface area contributed by atoms with E-state index in [0.717, 1.165) is 103 Å². The normalized spacial score (nSPS) is 12.9. The van der Waals surface area contributed by atoms with Gasteiger partial charge in [0.25, 0.3) is 0 Å². The van der Waals surface area contributed by atoms with E-state index in [2.05, 4.69) is 118 Å². The summed E-state index contributed by atoms with van der Waals surface area (Å²) in [6, 6.07) is 0. The molecule has 0 amide bonds. The molecular weight excluding hydrogens is 853 g/mol. The summed E-state index contributed by atoms with van der Waals surface area (Å²) in [5, 5.41) is 0. The van der Waals surface area contributed by atoms with Gasteiger partial charge >= 0.3 is 17.9 Å². The Morgan fingerprint density at radius 1 is 0.319 bits per heavy atom. The summed E-state index contributed by atoms with van der Waals surface area (Å²) in [6.45, 7) is 6.35. The van der Waals surface area contributed by atoms with Crippen molar-refractivity contribution in [2.75, 3.05) is 13.2 Å². The number of hydrogen-bond donors (Lipinski definition) is 0. The summed E-state index contributed by atoms with van der Waals surface area (Å²) >= 11 is 0. The lowest BCUT2D eigenvalue weighted by molar-refractivity contribution is -0.166. The van der Waals surface area contributed by atoms with Crippen LogP contribution in [-0.2, 0) is 28.6 Å². The Labute approximate surface area is 425 Å². The van der Waals surface area contributed by atoms with E-state index in [9.17, 15) is 14.4 Å². The number of hydrogen-bond acceptors (Lipinski definition) is 6. The Morgan fingerprint density at radius 3 is 1.01 bits per heavy atom. The molecule has 0 N–H and O–H groups in total. The molecule has 0 fully saturated rings. The molecule has 6 heteroatoms. The maximum absolute atomic E-state index is 12.8. The van der Waals surface area contributed by atoms with E-state index >= 15 is 0 Å². The van der Waals surface area contributed by atoms with Gasteiger partial charge in [-0.3, -0.25) is 14.4 Å². The largest absolute Gasteiger partial charge is 0.462 e. The molecule has 1 atom stereocenters. The molecule has 0 radical (unpaired) electrons. The quantitative estimate of drug-likeness (QED) is 0.0262. The van der Waals surface area contributed by atoms with Crippen molar-refractivity contribution in [2.45, 2.75) is 258 Å². The number of carbonyl (C=O) groups excluding carboxylic acids is 3. The van der Waals surface area contributed by atoms with Crippen LogP contribution in [0.2, 0.25) is 0 Å². The lowest BCUT2D eigenvalue weighted by Gasteiger charge is -2.18. The maximum Gasteiger partial charge on any atom is 0.310 e. The first kappa shape index (κ1) is 65.1. The summed E-state index contributed by atoms with van der Waals surface area (Å²) in [7, 11) is 0. The Balaban J connectivity index is 4.42. The highest BCUT2D eigenvalue weighted by atomic mass is 16.6. The van der Waals surface area contributed by atoms with Gasteiger partial charge in [-0.15, -0.1) is 0 Å². The van der Waals surface area contributed by atoms with Crippen LogP contribution in [-0.4, -0.2) is 37.2 Å². The first-order valence-corrected chi connectivity index (χ1v) is 28.4. The van der Waals surface area contributed by atoms with Gasteiger partial charge < -0.3 is 14.2 Å². The van der Waals surface area contributed by atoms with Crippen LogP contribution in [0.4, 0.5) is 0 Å². The summed E-state index contributed by atoms with van der Waals surface area (Å²) < 4.78 is 16.7. The molecule has 1 unspecified atom stereocenters. The second-order valence-corrected chi connectivity index (χ2v) is 18.5. The van der Waals surface area contributed by atoms with Crippen molar-refractivity contribution in [3.05, 3.63) is 109 Å². The third-order valence-electron chi connectivity index (χ3n) is 11.7. The molecule has 0 saturated carbocycles. The lowest BCUT2D eigenvalue weighted by Crippen LogP contribution is -2.30. The molecule has 0 aromatic rings. The zero-order chi connectivity index (χ0) is 50.0. The van der Waals surface area contributed by atoms with Crippen LogP contribution < -0.4 is 0 Å². The first-order chi connectivity index (χ1) is 34.0. The van der Waals surface area contributed by atoms with Crippen molar-refractivity contribution in [3.63, 3.8) is 0 Å². The Kier molecular flexibility index (Phi) is 53.4. The monoisotopic (exact) mass is 957 g/mol. The molecule has 392 valence electrons. The summed E-state index contributed by atoms with van der Waals surface area (Å²) in [4.78, 5) is 38.0. The zero-order valence-electron chi connectivity index (χ0n) is 44.8.